The maximum absolute atomic E-state index is 3.58. The van der Waals surface area contributed by atoms with Gasteiger partial charge in [-0.3, -0.25) is 0 Å². The third-order valence-corrected chi connectivity index (χ3v) is 4.32. The van der Waals surface area contributed by atoms with Crippen molar-refractivity contribution < 1.29 is 0 Å². The molecule has 1 aliphatic heterocycles. The van der Waals surface area contributed by atoms with Crippen molar-refractivity contribution in [3.05, 3.63) is 0 Å². The Bertz CT molecular complexity index is 263. The average molecular weight is 267 g/mol. The standard InChI is InChI=1S/C16H33N3/c1-14(2)17-12-16(3,4)13-19-9-7-18(8-10-19)11-15-5-6-15/h14-15,17H,5-13H2,1-4H3. The van der Waals surface area contributed by atoms with Crippen LogP contribution in [0.2, 0.25) is 0 Å². The monoisotopic (exact) mass is 267 g/mol. The zero-order valence-corrected chi connectivity index (χ0v) is 13.4. The van der Waals surface area contributed by atoms with Crippen molar-refractivity contribution in [2.45, 2.75) is 46.6 Å². The molecule has 1 heterocycles. The topological polar surface area (TPSA) is 18.5 Å². The highest BCUT2D eigenvalue weighted by Gasteiger charge is 2.28. The van der Waals surface area contributed by atoms with Crippen LogP contribution in [0, 0.1) is 11.3 Å². The van der Waals surface area contributed by atoms with E-state index in [-0.39, 0.29) is 0 Å². The Hall–Kier alpha value is -0.120. The Labute approximate surface area is 119 Å². The van der Waals surface area contributed by atoms with Gasteiger partial charge >= 0.3 is 0 Å². The fraction of sp³-hybridized carbons (Fsp3) is 1.00. The van der Waals surface area contributed by atoms with E-state index in [0.29, 0.717) is 11.5 Å². The smallest absolute Gasteiger partial charge is 0.0110 e. The molecule has 0 atom stereocenters. The summed E-state index contributed by atoms with van der Waals surface area (Å²) in [6.07, 6.45) is 2.96. The molecule has 112 valence electrons. The molecule has 2 fully saturated rings. The normalized spacial score (nSPS) is 23.2. The minimum atomic E-state index is 0.378. The molecule has 0 aromatic carbocycles. The summed E-state index contributed by atoms with van der Waals surface area (Å²) in [4.78, 5) is 5.33. The Morgan fingerprint density at radius 1 is 1.05 bits per heavy atom. The lowest BCUT2D eigenvalue weighted by Gasteiger charge is -2.39. The maximum Gasteiger partial charge on any atom is 0.0110 e. The maximum atomic E-state index is 3.58. The lowest BCUT2D eigenvalue weighted by atomic mass is 9.92. The van der Waals surface area contributed by atoms with Crippen LogP contribution in [-0.2, 0) is 0 Å². The number of hydrogen-bond donors (Lipinski definition) is 1. The van der Waals surface area contributed by atoms with Gasteiger partial charge in [-0.1, -0.05) is 27.7 Å². The first-order valence-corrected chi connectivity index (χ1v) is 8.13. The fourth-order valence-corrected chi connectivity index (χ4v) is 2.94. The van der Waals surface area contributed by atoms with E-state index in [0.717, 1.165) is 12.5 Å². The summed E-state index contributed by atoms with van der Waals surface area (Å²) in [6.45, 7) is 18.0. The van der Waals surface area contributed by atoms with E-state index in [4.69, 9.17) is 0 Å². The Balaban J connectivity index is 1.65. The van der Waals surface area contributed by atoms with Crippen LogP contribution < -0.4 is 5.32 Å². The second kappa shape index (κ2) is 6.55. The molecule has 3 nitrogen and oxygen atoms in total. The van der Waals surface area contributed by atoms with Gasteiger partial charge in [-0.2, -0.15) is 0 Å². The van der Waals surface area contributed by atoms with E-state index in [1.54, 1.807) is 0 Å². The first-order valence-electron chi connectivity index (χ1n) is 8.13. The Morgan fingerprint density at radius 2 is 1.63 bits per heavy atom. The summed E-state index contributed by atoms with van der Waals surface area (Å²) >= 11 is 0. The van der Waals surface area contributed by atoms with Crippen LogP contribution >= 0.6 is 0 Å². The molecule has 19 heavy (non-hydrogen) atoms. The molecule has 2 rings (SSSR count). The number of rotatable bonds is 7. The number of piperazine rings is 1. The second-order valence-electron chi connectivity index (χ2n) is 7.72. The van der Waals surface area contributed by atoms with E-state index in [1.807, 2.05) is 0 Å². The quantitative estimate of drug-likeness (QED) is 0.761. The van der Waals surface area contributed by atoms with Crippen LogP contribution in [0.25, 0.3) is 0 Å². The second-order valence-corrected chi connectivity index (χ2v) is 7.72. The van der Waals surface area contributed by atoms with Crippen LogP contribution in [-0.4, -0.2) is 61.7 Å². The minimum Gasteiger partial charge on any atom is -0.314 e. The van der Waals surface area contributed by atoms with E-state index >= 15 is 0 Å². The van der Waals surface area contributed by atoms with Gasteiger partial charge in [-0.15, -0.1) is 0 Å². The molecular formula is C16H33N3. The van der Waals surface area contributed by atoms with E-state index in [2.05, 4.69) is 42.8 Å². The first kappa shape index (κ1) is 15.3. The van der Waals surface area contributed by atoms with Gasteiger partial charge in [0.15, 0.2) is 0 Å². The van der Waals surface area contributed by atoms with Crippen molar-refractivity contribution >= 4 is 0 Å². The third kappa shape index (κ3) is 5.80. The summed E-state index contributed by atoms with van der Waals surface area (Å²) in [6, 6.07) is 0.592. The molecule has 1 saturated carbocycles. The van der Waals surface area contributed by atoms with Crippen LogP contribution in [0.3, 0.4) is 0 Å². The molecule has 0 aromatic rings. The van der Waals surface area contributed by atoms with Crippen LogP contribution in [0.4, 0.5) is 0 Å². The summed E-state index contributed by atoms with van der Waals surface area (Å²) < 4.78 is 0. The van der Waals surface area contributed by atoms with E-state index < -0.39 is 0 Å². The molecule has 3 heteroatoms. The van der Waals surface area contributed by atoms with Crippen molar-refractivity contribution in [2.24, 2.45) is 11.3 Å². The van der Waals surface area contributed by atoms with Gasteiger partial charge < -0.3 is 15.1 Å². The van der Waals surface area contributed by atoms with Crippen LogP contribution in [0.1, 0.15) is 40.5 Å². The van der Waals surface area contributed by atoms with Gasteiger partial charge in [0.1, 0.15) is 0 Å². The summed E-state index contributed by atoms with van der Waals surface area (Å²) in [5, 5.41) is 3.58. The van der Waals surface area contributed by atoms with Gasteiger partial charge in [-0.05, 0) is 24.2 Å². The van der Waals surface area contributed by atoms with Crippen molar-refractivity contribution in [3.63, 3.8) is 0 Å². The summed E-state index contributed by atoms with van der Waals surface area (Å²) in [5.74, 6) is 1.04. The van der Waals surface area contributed by atoms with Crippen molar-refractivity contribution in [1.82, 2.24) is 15.1 Å². The Kier molecular flexibility index (Phi) is 5.27. The molecule has 0 bridgehead atoms. The summed E-state index contributed by atoms with van der Waals surface area (Å²) in [7, 11) is 0. The van der Waals surface area contributed by atoms with Crippen LogP contribution in [0.15, 0.2) is 0 Å². The lowest BCUT2D eigenvalue weighted by Crippen LogP contribution is -2.51. The molecule has 2 aliphatic rings. The molecule has 1 N–H and O–H groups in total. The van der Waals surface area contributed by atoms with Crippen molar-refractivity contribution in [2.75, 3.05) is 45.8 Å². The number of hydrogen-bond acceptors (Lipinski definition) is 3. The highest BCUT2D eigenvalue weighted by atomic mass is 15.3. The Morgan fingerprint density at radius 3 is 2.16 bits per heavy atom. The van der Waals surface area contributed by atoms with E-state index in [1.165, 1.54) is 52.1 Å². The lowest BCUT2D eigenvalue weighted by molar-refractivity contribution is 0.0931. The largest absolute Gasteiger partial charge is 0.314 e. The van der Waals surface area contributed by atoms with Crippen LogP contribution in [0.5, 0.6) is 0 Å². The molecule has 1 saturated heterocycles. The number of nitrogens with one attached hydrogen (secondary N) is 1. The average Bonchev–Trinajstić information content (AvgIpc) is 3.13. The molecular weight excluding hydrogens is 234 g/mol. The predicted octanol–water partition coefficient (Wildman–Crippen LogP) is 2.04. The minimum absolute atomic E-state index is 0.378. The fourth-order valence-electron chi connectivity index (χ4n) is 2.94. The van der Waals surface area contributed by atoms with Crippen molar-refractivity contribution in [3.8, 4) is 0 Å². The summed E-state index contributed by atoms with van der Waals surface area (Å²) in [5.41, 5.74) is 0.378. The molecule has 0 unspecified atom stereocenters. The van der Waals surface area contributed by atoms with Crippen molar-refractivity contribution in [1.29, 1.82) is 0 Å². The highest BCUT2D eigenvalue weighted by Crippen LogP contribution is 2.30. The van der Waals surface area contributed by atoms with E-state index in [9.17, 15) is 0 Å². The third-order valence-electron chi connectivity index (χ3n) is 4.32. The van der Waals surface area contributed by atoms with Gasteiger partial charge in [0.2, 0.25) is 0 Å². The zero-order valence-electron chi connectivity index (χ0n) is 13.4. The zero-order chi connectivity index (χ0) is 13.9. The molecule has 0 amide bonds. The molecule has 0 spiro atoms. The SMILES string of the molecule is CC(C)NCC(C)(C)CN1CCN(CC2CC2)CC1. The first-order chi connectivity index (χ1) is 8.94. The number of nitrogens with zero attached hydrogens (tertiary/aromatic N) is 2. The van der Waals surface area contributed by atoms with Gasteiger partial charge in [0.05, 0.1) is 0 Å². The predicted molar refractivity (Wildman–Crippen MR) is 82.5 cm³/mol. The van der Waals surface area contributed by atoms with Gasteiger partial charge in [-0.25, -0.2) is 0 Å². The van der Waals surface area contributed by atoms with Gasteiger partial charge in [0.25, 0.3) is 0 Å². The molecule has 1 aliphatic carbocycles. The van der Waals surface area contributed by atoms with Gasteiger partial charge in [0, 0.05) is 51.9 Å². The molecule has 0 radical (unpaired) electrons. The highest BCUT2D eigenvalue weighted by molar-refractivity contribution is 4.83. The molecule has 0 aromatic heterocycles.